The SMILES string of the molecule is CCOc1ccc(C2CCCN2C(=O)CCc2ccc(OC)c(F)c2)cc1. The van der Waals surface area contributed by atoms with Gasteiger partial charge in [-0.15, -0.1) is 0 Å². The predicted octanol–water partition coefficient (Wildman–Crippen LogP) is 4.53. The maximum atomic E-state index is 13.8. The van der Waals surface area contributed by atoms with E-state index in [1.54, 1.807) is 6.07 Å². The lowest BCUT2D eigenvalue weighted by atomic mass is 10.0. The number of methoxy groups -OCH3 is 1. The van der Waals surface area contributed by atoms with Crippen LogP contribution in [0, 0.1) is 5.82 Å². The van der Waals surface area contributed by atoms with Gasteiger partial charge < -0.3 is 14.4 Å². The maximum Gasteiger partial charge on any atom is 0.223 e. The zero-order valence-electron chi connectivity index (χ0n) is 15.9. The minimum atomic E-state index is -0.393. The number of ether oxygens (including phenoxy) is 2. The van der Waals surface area contributed by atoms with Crippen molar-refractivity contribution in [1.82, 2.24) is 4.90 Å². The summed E-state index contributed by atoms with van der Waals surface area (Å²) in [5.41, 5.74) is 1.94. The van der Waals surface area contributed by atoms with Crippen LogP contribution < -0.4 is 9.47 Å². The fourth-order valence-electron chi connectivity index (χ4n) is 3.62. The number of likely N-dealkylation sites (tertiary alicyclic amines) is 1. The number of hydrogen-bond acceptors (Lipinski definition) is 3. The predicted molar refractivity (Wildman–Crippen MR) is 103 cm³/mol. The molecule has 0 N–H and O–H groups in total. The van der Waals surface area contributed by atoms with Crippen LogP contribution in [0.2, 0.25) is 0 Å². The fraction of sp³-hybridized carbons (Fsp3) is 0.409. The van der Waals surface area contributed by atoms with Crippen molar-refractivity contribution in [3.8, 4) is 11.5 Å². The molecule has 1 amide bonds. The second-order valence-corrected chi connectivity index (χ2v) is 6.72. The number of halogens is 1. The van der Waals surface area contributed by atoms with Crippen molar-refractivity contribution >= 4 is 5.91 Å². The van der Waals surface area contributed by atoms with E-state index in [2.05, 4.69) is 0 Å². The minimum Gasteiger partial charge on any atom is -0.494 e. The molecule has 144 valence electrons. The average Bonchev–Trinajstić information content (AvgIpc) is 3.17. The molecule has 27 heavy (non-hydrogen) atoms. The van der Waals surface area contributed by atoms with Gasteiger partial charge in [0.25, 0.3) is 0 Å². The number of amides is 1. The van der Waals surface area contributed by atoms with Gasteiger partial charge in [-0.05, 0) is 61.6 Å². The Morgan fingerprint density at radius 1 is 1.22 bits per heavy atom. The highest BCUT2D eigenvalue weighted by molar-refractivity contribution is 5.77. The Morgan fingerprint density at radius 3 is 2.67 bits per heavy atom. The molecular weight excluding hydrogens is 345 g/mol. The number of hydrogen-bond donors (Lipinski definition) is 0. The minimum absolute atomic E-state index is 0.112. The van der Waals surface area contributed by atoms with Crippen LogP contribution in [-0.4, -0.2) is 31.1 Å². The Morgan fingerprint density at radius 2 is 2.00 bits per heavy atom. The van der Waals surface area contributed by atoms with Gasteiger partial charge in [0.2, 0.25) is 5.91 Å². The number of carbonyl (C=O) groups is 1. The molecule has 0 bridgehead atoms. The molecule has 1 atom stereocenters. The van der Waals surface area contributed by atoms with E-state index >= 15 is 0 Å². The monoisotopic (exact) mass is 371 g/mol. The number of nitrogens with zero attached hydrogens (tertiary/aromatic N) is 1. The van der Waals surface area contributed by atoms with Gasteiger partial charge in [-0.2, -0.15) is 0 Å². The third-order valence-corrected chi connectivity index (χ3v) is 4.99. The first kappa shape index (κ1) is 19.2. The molecule has 5 heteroatoms. The lowest BCUT2D eigenvalue weighted by Crippen LogP contribution is -2.30. The largest absolute Gasteiger partial charge is 0.494 e. The highest BCUT2D eigenvalue weighted by atomic mass is 19.1. The molecule has 0 aromatic heterocycles. The molecular formula is C22H26FNO3. The van der Waals surface area contributed by atoms with Gasteiger partial charge >= 0.3 is 0 Å². The van der Waals surface area contributed by atoms with Crippen LogP contribution in [-0.2, 0) is 11.2 Å². The normalized spacial score (nSPS) is 16.4. The van der Waals surface area contributed by atoms with Gasteiger partial charge in [0.1, 0.15) is 5.75 Å². The lowest BCUT2D eigenvalue weighted by molar-refractivity contribution is -0.132. The zero-order valence-corrected chi connectivity index (χ0v) is 15.9. The van der Waals surface area contributed by atoms with Gasteiger partial charge in [-0.3, -0.25) is 4.79 Å². The lowest BCUT2D eigenvalue weighted by Gasteiger charge is -2.25. The molecule has 0 aliphatic carbocycles. The van der Waals surface area contributed by atoms with Crippen LogP contribution in [0.1, 0.15) is 43.4 Å². The van der Waals surface area contributed by atoms with E-state index in [4.69, 9.17) is 9.47 Å². The molecule has 1 fully saturated rings. The van der Waals surface area contributed by atoms with Crippen molar-refractivity contribution in [2.45, 2.75) is 38.6 Å². The van der Waals surface area contributed by atoms with E-state index in [0.29, 0.717) is 19.4 Å². The second kappa shape index (κ2) is 8.89. The van der Waals surface area contributed by atoms with E-state index in [-0.39, 0.29) is 17.7 Å². The van der Waals surface area contributed by atoms with Gasteiger partial charge in [0.15, 0.2) is 11.6 Å². The number of benzene rings is 2. The summed E-state index contributed by atoms with van der Waals surface area (Å²) in [5, 5.41) is 0. The molecule has 2 aromatic rings. The summed E-state index contributed by atoms with van der Waals surface area (Å²) in [6, 6.07) is 13.0. The first-order valence-corrected chi connectivity index (χ1v) is 9.47. The highest BCUT2D eigenvalue weighted by Gasteiger charge is 2.29. The Hall–Kier alpha value is -2.56. The summed E-state index contributed by atoms with van der Waals surface area (Å²) in [6.45, 7) is 3.37. The van der Waals surface area contributed by atoms with Gasteiger partial charge in [0.05, 0.1) is 19.8 Å². The number of carbonyl (C=O) groups excluding carboxylic acids is 1. The van der Waals surface area contributed by atoms with E-state index in [9.17, 15) is 9.18 Å². The average molecular weight is 371 g/mol. The van der Waals surface area contributed by atoms with Gasteiger partial charge in [-0.1, -0.05) is 18.2 Å². The quantitative estimate of drug-likeness (QED) is 0.718. The van der Waals surface area contributed by atoms with E-state index < -0.39 is 5.82 Å². The molecule has 4 nitrogen and oxygen atoms in total. The zero-order chi connectivity index (χ0) is 19.2. The fourth-order valence-corrected chi connectivity index (χ4v) is 3.62. The Kier molecular flexibility index (Phi) is 6.32. The topological polar surface area (TPSA) is 38.8 Å². The van der Waals surface area contributed by atoms with Crippen LogP contribution in [0.5, 0.6) is 11.5 Å². The van der Waals surface area contributed by atoms with Crippen LogP contribution in [0.25, 0.3) is 0 Å². The Balaban J connectivity index is 1.62. The standard InChI is InChI=1S/C22H26FNO3/c1-3-27-18-10-8-17(9-11-18)20-5-4-14-24(20)22(25)13-7-16-6-12-21(26-2)19(23)15-16/h6,8-12,15,20H,3-5,7,13-14H2,1-2H3. The molecule has 1 saturated heterocycles. The Bertz CT molecular complexity index is 776. The highest BCUT2D eigenvalue weighted by Crippen LogP contribution is 2.33. The molecule has 1 aliphatic rings. The molecule has 3 rings (SSSR count). The first-order valence-electron chi connectivity index (χ1n) is 9.47. The summed E-state index contributed by atoms with van der Waals surface area (Å²) in [5.74, 6) is 0.789. The first-order chi connectivity index (χ1) is 13.1. The molecule has 2 aromatic carbocycles. The number of aryl methyl sites for hydroxylation is 1. The summed E-state index contributed by atoms with van der Waals surface area (Å²) >= 11 is 0. The van der Waals surface area contributed by atoms with E-state index in [1.165, 1.54) is 13.2 Å². The summed E-state index contributed by atoms with van der Waals surface area (Å²) < 4.78 is 24.2. The van der Waals surface area contributed by atoms with Crippen LogP contribution in [0.3, 0.4) is 0 Å². The van der Waals surface area contributed by atoms with Crippen LogP contribution in [0.15, 0.2) is 42.5 Å². The molecule has 1 heterocycles. The molecule has 0 saturated carbocycles. The second-order valence-electron chi connectivity index (χ2n) is 6.72. The van der Waals surface area contributed by atoms with Crippen LogP contribution in [0.4, 0.5) is 4.39 Å². The van der Waals surface area contributed by atoms with Crippen molar-refractivity contribution in [3.63, 3.8) is 0 Å². The van der Waals surface area contributed by atoms with Crippen LogP contribution >= 0.6 is 0 Å². The summed E-state index contributed by atoms with van der Waals surface area (Å²) in [6.07, 6.45) is 2.86. The maximum absolute atomic E-state index is 13.8. The van der Waals surface area contributed by atoms with E-state index in [0.717, 1.165) is 36.3 Å². The molecule has 1 aliphatic heterocycles. The van der Waals surface area contributed by atoms with E-state index in [1.807, 2.05) is 42.2 Å². The van der Waals surface area contributed by atoms with Crippen molar-refractivity contribution in [3.05, 3.63) is 59.4 Å². The molecule has 1 unspecified atom stereocenters. The Labute approximate surface area is 159 Å². The third-order valence-electron chi connectivity index (χ3n) is 4.99. The van der Waals surface area contributed by atoms with Gasteiger partial charge in [-0.25, -0.2) is 4.39 Å². The number of rotatable bonds is 7. The smallest absolute Gasteiger partial charge is 0.223 e. The summed E-state index contributed by atoms with van der Waals surface area (Å²) in [7, 11) is 1.44. The molecule has 0 radical (unpaired) electrons. The third kappa shape index (κ3) is 4.59. The van der Waals surface area contributed by atoms with Crippen molar-refractivity contribution in [2.75, 3.05) is 20.3 Å². The molecule has 0 spiro atoms. The van der Waals surface area contributed by atoms with Gasteiger partial charge in [0, 0.05) is 13.0 Å². The summed E-state index contributed by atoms with van der Waals surface area (Å²) in [4.78, 5) is 14.7. The van der Waals surface area contributed by atoms with Crippen molar-refractivity contribution in [1.29, 1.82) is 0 Å². The van der Waals surface area contributed by atoms with Crippen molar-refractivity contribution < 1.29 is 18.7 Å². The van der Waals surface area contributed by atoms with Crippen molar-refractivity contribution in [2.24, 2.45) is 0 Å².